The minimum Gasteiger partial charge on any atom is -0.454 e. The smallest absolute Gasteiger partial charge is 0.160 e. The highest BCUT2D eigenvalue weighted by atomic mass is 16.3. The summed E-state index contributed by atoms with van der Waals surface area (Å²) in [6.45, 7) is 0. The Bertz CT molecular complexity index is 3080. The quantitative estimate of drug-likeness (QED) is 0.162. The molecule has 0 amide bonds. The van der Waals surface area contributed by atoms with E-state index in [-0.39, 0.29) is 7.43 Å². The lowest BCUT2D eigenvalue weighted by molar-refractivity contribution is 0.669. The van der Waals surface area contributed by atoms with Crippen LogP contribution in [0.4, 0.5) is 17.1 Å². The molecule has 0 radical (unpaired) electrons. The minimum atomic E-state index is 0. The average Bonchev–Trinajstić information content (AvgIpc) is 3.85. The third-order valence-electron chi connectivity index (χ3n) is 11.2. The second-order valence-electron chi connectivity index (χ2n) is 14.5. The van der Waals surface area contributed by atoms with Crippen molar-refractivity contribution in [3.63, 3.8) is 0 Å². The Balaban J connectivity index is 0.00000408. The lowest BCUT2D eigenvalue weighted by atomic mass is 9.97. The van der Waals surface area contributed by atoms with E-state index < -0.39 is 0 Å². The van der Waals surface area contributed by atoms with Crippen molar-refractivity contribution < 1.29 is 4.42 Å². The molecule has 0 fully saturated rings. The summed E-state index contributed by atoms with van der Waals surface area (Å²) in [5.41, 5.74) is 15.3. The summed E-state index contributed by atoms with van der Waals surface area (Å²) >= 11 is 0. The lowest BCUT2D eigenvalue weighted by Crippen LogP contribution is -2.10. The van der Waals surface area contributed by atoms with Gasteiger partial charge in [-0.05, 0) is 94.0 Å². The molecule has 11 rings (SSSR count). The van der Waals surface area contributed by atoms with Crippen molar-refractivity contribution in [2.45, 2.75) is 7.43 Å². The third-order valence-corrected chi connectivity index (χ3v) is 11.2. The van der Waals surface area contributed by atoms with Gasteiger partial charge in [-0.15, -0.1) is 0 Å². The first-order valence-electron chi connectivity index (χ1n) is 19.4. The van der Waals surface area contributed by atoms with E-state index in [1.54, 1.807) is 0 Å². The summed E-state index contributed by atoms with van der Waals surface area (Å²) in [7, 11) is 0. The highest BCUT2D eigenvalue weighted by Crippen LogP contribution is 2.46. The standard InChI is InChI=1S/C54H36N2O.CH4/c1-3-14-37(15-4-1)39-26-30-42(31-27-39)55(43-32-28-40(29-33-43)38-16-5-2-6-17-38)51-35-34-45(53-48-22-9-12-25-52(48)57-54(51)53)41-18-13-19-44(36-41)56-49-23-10-7-20-46(49)47-21-8-11-24-50(47)56;/h1-36H;1H4. The number of fused-ring (bicyclic) bond motifs is 6. The van der Waals surface area contributed by atoms with Gasteiger partial charge in [0.25, 0.3) is 0 Å². The van der Waals surface area contributed by atoms with Crippen LogP contribution in [0, 0.1) is 0 Å². The van der Waals surface area contributed by atoms with Crippen LogP contribution in [0.25, 0.3) is 82.8 Å². The zero-order valence-electron chi connectivity index (χ0n) is 31.1. The van der Waals surface area contributed by atoms with Gasteiger partial charge in [-0.2, -0.15) is 0 Å². The molecular formula is C55H40N2O. The molecule has 9 aromatic carbocycles. The van der Waals surface area contributed by atoms with E-state index in [9.17, 15) is 0 Å². The van der Waals surface area contributed by atoms with Crippen LogP contribution in [0.5, 0.6) is 0 Å². The summed E-state index contributed by atoms with van der Waals surface area (Å²) in [4.78, 5) is 2.33. The third kappa shape index (κ3) is 5.84. The molecule has 0 aliphatic heterocycles. The molecule has 0 aliphatic carbocycles. The summed E-state index contributed by atoms with van der Waals surface area (Å²) in [6.07, 6.45) is 0. The van der Waals surface area contributed by atoms with Crippen LogP contribution in [0.2, 0.25) is 0 Å². The van der Waals surface area contributed by atoms with Crippen LogP contribution >= 0.6 is 0 Å². The Kier molecular flexibility index (Phi) is 8.69. The first kappa shape index (κ1) is 34.8. The topological polar surface area (TPSA) is 21.3 Å². The Labute approximate surface area is 338 Å². The Hall–Kier alpha value is -7.62. The molecule has 3 nitrogen and oxygen atoms in total. The molecule has 0 spiro atoms. The number of anilines is 3. The van der Waals surface area contributed by atoms with Crippen molar-refractivity contribution in [1.29, 1.82) is 0 Å². The molecule has 0 N–H and O–H groups in total. The van der Waals surface area contributed by atoms with E-state index in [1.807, 2.05) is 0 Å². The van der Waals surface area contributed by atoms with Crippen molar-refractivity contribution >= 4 is 60.8 Å². The monoisotopic (exact) mass is 744 g/mol. The van der Waals surface area contributed by atoms with E-state index in [1.165, 1.54) is 44.1 Å². The maximum Gasteiger partial charge on any atom is 0.160 e. The first-order chi connectivity index (χ1) is 28.3. The normalized spacial score (nSPS) is 11.3. The number of hydrogen-bond donors (Lipinski definition) is 0. The number of aromatic nitrogens is 1. The van der Waals surface area contributed by atoms with Gasteiger partial charge in [0.1, 0.15) is 5.58 Å². The van der Waals surface area contributed by atoms with Crippen molar-refractivity contribution in [3.05, 3.63) is 218 Å². The molecule has 0 bridgehead atoms. The van der Waals surface area contributed by atoms with E-state index in [0.29, 0.717) is 0 Å². The Morgan fingerprint density at radius 2 is 0.862 bits per heavy atom. The highest BCUT2D eigenvalue weighted by molar-refractivity contribution is 6.17. The van der Waals surface area contributed by atoms with Gasteiger partial charge < -0.3 is 13.9 Å². The molecule has 0 aliphatic rings. The van der Waals surface area contributed by atoms with Gasteiger partial charge in [-0.3, -0.25) is 0 Å². The second kappa shape index (κ2) is 14.5. The number of furan rings is 1. The summed E-state index contributed by atoms with van der Waals surface area (Å²) in [5.74, 6) is 0. The Morgan fingerprint density at radius 3 is 1.45 bits per heavy atom. The van der Waals surface area contributed by atoms with Gasteiger partial charge in [0.15, 0.2) is 5.58 Å². The largest absolute Gasteiger partial charge is 0.454 e. The molecule has 2 heterocycles. The van der Waals surface area contributed by atoms with Crippen LogP contribution in [0.15, 0.2) is 223 Å². The first-order valence-corrected chi connectivity index (χ1v) is 19.4. The van der Waals surface area contributed by atoms with Crippen LogP contribution in [0.3, 0.4) is 0 Å². The summed E-state index contributed by atoms with van der Waals surface area (Å²) < 4.78 is 9.31. The number of hydrogen-bond acceptors (Lipinski definition) is 2. The fourth-order valence-electron chi connectivity index (χ4n) is 8.54. The van der Waals surface area contributed by atoms with Gasteiger partial charge in [-0.1, -0.05) is 165 Å². The molecule has 2 aromatic heterocycles. The molecule has 58 heavy (non-hydrogen) atoms. The molecule has 3 heteroatoms. The van der Waals surface area contributed by atoms with Crippen LogP contribution in [-0.2, 0) is 0 Å². The maximum atomic E-state index is 6.93. The van der Waals surface area contributed by atoms with Gasteiger partial charge in [0.2, 0.25) is 0 Å². The van der Waals surface area contributed by atoms with Crippen molar-refractivity contribution in [1.82, 2.24) is 4.57 Å². The fraction of sp³-hybridized carbons (Fsp3) is 0.0182. The zero-order valence-corrected chi connectivity index (χ0v) is 31.1. The van der Waals surface area contributed by atoms with Crippen LogP contribution in [0.1, 0.15) is 7.43 Å². The van der Waals surface area contributed by atoms with Gasteiger partial charge in [-0.25, -0.2) is 0 Å². The van der Waals surface area contributed by atoms with E-state index in [0.717, 1.165) is 55.8 Å². The predicted octanol–water partition coefficient (Wildman–Crippen LogP) is 15.8. The predicted molar refractivity (Wildman–Crippen MR) is 246 cm³/mol. The number of nitrogens with zero attached hydrogens (tertiary/aromatic N) is 2. The molecule has 0 saturated carbocycles. The molecule has 276 valence electrons. The zero-order chi connectivity index (χ0) is 37.7. The molecule has 0 atom stereocenters. The fourth-order valence-corrected chi connectivity index (χ4v) is 8.54. The minimum absolute atomic E-state index is 0. The Morgan fingerprint density at radius 1 is 0.379 bits per heavy atom. The van der Waals surface area contributed by atoms with Crippen LogP contribution < -0.4 is 4.90 Å². The second-order valence-corrected chi connectivity index (χ2v) is 14.5. The molecule has 11 aromatic rings. The van der Waals surface area contributed by atoms with Crippen LogP contribution in [-0.4, -0.2) is 4.57 Å². The van der Waals surface area contributed by atoms with E-state index in [4.69, 9.17) is 4.42 Å². The van der Waals surface area contributed by atoms with Crippen molar-refractivity contribution in [2.24, 2.45) is 0 Å². The number of rotatable bonds is 7. The average molecular weight is 745 g/mol. The summed E-state index contributed by atoms with van der Waals surface area (Å²) in [5, 5.41) is 4.68. The van der Waals surface area contributed by atoms with Gasteiger partial charge in [0.05, 0.1) is 16.7 Å². The van der Waals surface area contributed by atoms with E-state index in [2.05, 4.69) is 228 Å². The number of para-hydroxylation sites is 3. The maximum absolute atomic E-state index is 6.93. The molecular weight excluding hydrogens is 705 g/mol. The lowest BCUT2D eigenvalue weighted by Gasteiger charge is -2.26. The SMILES string of the molecule is C.c1ccc(-c2ccc(N(c3ccc(-c4ccccc4)cc3)c3ccc(-c4cccc(-n5c6ccccc6c6ccccc65)c4)c4c3oc3ccccc34)cc2)cc1. The van der Waals surface area contributed by atoms with E-state index >= 15 is 0 Å². The molecule has 0 unspecified atom stereocenters. The molecule has 0 saturated heterocycles. The highest BCUT2D eigenvalue weighted by Gasteiger charge is 2.23. The van der Waals surface area contributed by atoms with Gasteiger partial charge in [0, 0.05) is 38.6 Å². The number of benzene rings is 9. The summed E-state index contributed by atoms with van der Waals surface area (Å²) in [6, 6.07) is 77.9. The van der Waals surface area contributed by atoms with Crippen molar-refractivity contribution in [3.8, 4) is 39.1 Å². The van der Waals surface area contributed by atoms with Gasteiger partial charge >= 0.3 is 0 Å². The van der Waals surface area contributed by atoms with Crippen molar-refractivity contribution in [2.75, 3.05) is 4.90 Å².